The van der Waals surface area contributed by atoms with E-state index in [-0.39, 0.29) is 5.69 Å². The summed E-state index contributed by atoms with van der Waals surface area (Å²) in [5.41, 5.74) is 2.50. The van der Waals surface area contributed by atoms with Crippen LogP contribution in [0, 0.1) is 0 Å². The summed E-state index contributed by atoms with van der Waals surface area (Å²) in [5.74, 6) is -0.117. The van der Waals surface area contributed by atoms with Crippen molar-refractivity contribution >= 4 is 5.97 Å². The van der Waals surface area contributed by atoms with Crippen molar-refractivity contribution in [3.05, 3.63) is 35.8 Å². The lowest BCUT2D eigenvalue weighted by molar-refractivity contribution is 0.0692. The van der Waals surface area contributed by atoms with Gasteiger partial charge in [0.1, 0.15) is 11.4 Å². The van der Waals surface area contributed by atoms with Crippen molar-refractivity contribution in [1.29, 1.82) is 0 Å². The van der Waals surface area contributed by atoms with Gasteiger partial charge in [0.25, 0.3) is 0 Å². The summed E-state index contributed by atoms with van der Waals surface area (Å²) in [4.78, 5) is 17.8. The van der Waals surface area contributed by atoms with Gasteiger partial charge in [-0.3, -0.25) is 0 Å². The smallest absolute Gasteiger partial charge is 0.354 e. The Balaban J connectivity index is 2.06. The molecule has 0 bridgehead atoms. The van der Waals surface area contributed by atoms with E-state index in [4.69, 9.17) is 9.84 Å². The van der Waals surface area contributed by atoms with Gasteiger partial charge in [0.15, 0.2) is 5.69 Å². The van der Waals surface area contributed by atoms with Gasteiger partial charge in [-0.15, -0.1) is 0 Å². The molecule has 0 fully saturated rings. The molecule has 0 saturated carbocycles. The summed E-state index contributed by atoms with van der Waals surface area (Å²) in [5, 5.41) is 9.06. The Kier molecular flexibility index (Phi) is 2.51. The third-order valence-corrected chi connectivity index (χ3v) is 3.04. The number of rotatable bonds is 2. The number of carbonyl (C=O) groups is 1. The van der Waals surface area contributed by atoms with Crippen LogP contribution in [0.5, 0.6) is 5.75 Å². The molecule has 1 aliphatic heterocycles. The van der Waals surface area contributed by atoms with E-state index in [2.05, 4.69) is 9.97 Å². The minimum absolute atomic E-state index is 0.117. The average Bonchev–Trinajstić information content (AvgIpc) is 2.87. The number of aromatic carboxylic acids is 1. The highest BCUT2D eigenvalue weighted by atomic mass is 16.5. The van der Waals surface area contributed by atoms with E-state index in [0.717, 1.165) is 36.3 Å². The molecular formula is C13H12N2O3. The molecule has 0 spiro atoms. The van der Waals surface area contributed by atoms with Crippen LogP contribution in [-0.4, -0.2) is 27.7 Å². The highest BCUT2D eigenvalue weighted by molar-refractivity contribution is 5.92. The van der Waals surface area contributed by atoms with Crippen molar-refractivity contribution in [1.82, 2.24) is 9.97 Å². The first-order valence-electron chi connectivity index (χ1n) is 5.78. The largest absolute Gasteiger partial charge is 0.493 e. The zero-order valence-electron chi connectivity index (χ0n) is 9.64. The maximum atomic E-state index is 11.0. The monoisotopic (exact) mass is 244 g/mol. The Morgan fingerprint density at radius 3 is 3.17 bits per heavy atom. The molecule has 0 aliphatic carbocycles. The number of hydrogen-bond donors (Lipinski definition) is 2. The van der Waals surface area contributed by atoms with Crippen LogP contribution in [0.15, 0.2) is 24.5 Å². The number of benzene rings is 1. The average molecular weight is 244 g/mol. The third-order valence-electron chi connectivity index (χ3n) is 3.04. The Morgan fingerprint density at radius 2 is 2.33 bits per heavy atom. The van der Waals surface area contributed by atoms with E-state index < -0.39 is 5.97 Å². The predicted molar refractivity (Wildman–Crippen MR) is 64.8 cm³/mol. The number of aromatic nitrogens is 2. The topological polar surface area (TPSA) is 75.2 Å². The highest BCUT2D eigenvalue weighted by Crippen LogP contribution is 2.30. The second-order valence-electron chi connectivity index (χ2n) is 4.21. The number of carboxylic acid groups (broad SMARTS) is 1. The van der Waals surface area contributed by atoms with Crippen molar-refractivity contribution < 1.29 is 14.6 Å². The molecule has 1 aromatic carbocycles. The number of ether oxygens (including phenoxy) is 1. The minimum atomic E-state index is -1.00. The molecule has 1 aliphatic rings. The molecule has 3 rings (SSSR count). The molecule has 0 atom stereocenters. The Morgan fingerprint density at radius 1 is 1.44 bits per heavy atom. The van der Waals surface area contributed by atoms with Crippen LogP contribution in [0.4, 0.5) is 0 Å². The van der Waals surface area contributed by atoms with E-state index in [1.807, 2.05) is 18.2 Å². The number of imidazole rings is 1. The van der Waals surface area contributed by atoms with E-state index in [1.54, 1.807) is 0 Å². The maximum absolute atomic E-state index is 11.0. The fraction of sp³-hybridized carbons (Fsp3) is 0.231. The molecule has 0 radical (unpaired) electrons. The molecule has 2 aromatic rings. The molecule has 18 heavy (non-hydrogen) atoms. The van der Waals surface area contributed by atoms with Crippen LogP contribution in [0.3, 0.4) is 0 Å². The highest BCUT2D eigenvalue weighted by Gasteiger charge is 2.17. The van der Waals surface area contributed by atoms with Gasteiger partial charge in [0, 0.05) is 5.56 Å². The Hall–Kier alpha value is -2.30. The zero-order valence-corrected chi connectivity index (χ0v) is 9.64. The normalized spacial score (nSPS) is 13.8. The maximum Gasteiger partial charge on any atom is 0.354 e. The van der Waals surface area contributed by atoms with Crippen LogP contribution in [0.2, 0.25) is 0 Å². The zero-order chi connectivity index (χ0) is 12.5. The van der Waals surface area contributed by atoms with E-state index >= 15 is 0 Å². The summed E-state index contributed by atoms with van der Waals surface area (Å²) < 4.78 is 5.53. The molecule has 1 aromatic heterocycles. The van der Waals surface area contributed by atoms with Crippen LogP contribution in [0.1, 0.15) is 22.5 Å². The number of H-pyrrole nitrogens is 1. The second-order valence-corrected chi connectivity index (χ2v) is 4.21. The van der Waals surface area contributed by atoms with Crippen molar-refractivity contribution in [2.24, 2.45) is 0 Å². The van der Waals surface area contributed by atoms with Crippen molar-refractivity contribution in [2.45, 2.75) is 12.8 Å². The lowest BCUT2D eigenvalue weighted by Crippen LogP contribution is -2.08. The number of hydrogen-bond acceptors (Lipinski definition) is 3. The quantitative estimate of drug-likeness (QED) is 0.848. The number of nitrogens with zero attached hydrogens (tertiary/aromatic N) is 1. The molecule has 92 valence electrons. The molecule has 2 heterocycles. The number of fused-ring (bicyclic) bond motifs is 1. The minimum Gasteiger partial charge on any atom is -0.493 e. The first-order valence-corrected chi connectivity index (χ1v) is 5.78. The molecule has 0 saturated heterocycles. The fourth-order valence-electron chi connectivity index (χ4n) is 2.18. The van der Waals surface area contributed by atoms with Gasteiger partial charge in [0.05, 0.1) is 12.9 Å². The lowest BCUT2D eigenvalue weighted by Gasteiger charge is -2.17. The number of carboxylic acids is 1. The molecule has 0 unspecified atom stereocenters. The predicted octanol–water partition coefficient (Wildman–Crippen LogP) is 2.10. The number of nitrogens with one attached hydrogen (secondary N) is 1. The van der Waals surface area contributed by atoms with Gasteiger partial charge < -0.3 is 14.8 Å². The van der Waals surface area contributed by atoms with E-state index in [1.165, 1.54) is 6.33 Å². The number of aromatic amines is 1. The van der Waals surface area contributed by atoms with Crippen LogP contribution >= 0.6 is 0 Å². The van der Waals surface area contributed by atoms with Gasteiger partial charge in [-0.25, -0.2) is 9.78 Å². The standard InChI is InChI=1S/C13H12N2O3/c16-13(17)12-11(14-7-15-12)9-3-4-10-8(6-9)2-1-5-18-10/h3-4,6-7H,1-2,5H2,(H,14,15)(H,16,17). The van der Waals surface area contributed by atoms with Crippen molar-refractivity contribution in [3.63, 3.8) is 0 Å². The second kappa shape index (κ2) is 4.18. The lowest BCUT2D eigenvalue weighted by atomic mass is 10.0. The van der Waals surface area contributed by atoms with Crippen LogP contribution < -0.4 is 4.74 Å². The van der Waals surface area contributed by atoms with Crippen LogP contribution in [-0.2, 0) is 6.42 Å². The summed E-state index contributed by atoms with van der Waals surface area (Å²) in [6.07, 6.45) is 3.34. The van der Waals surface area contributed by atoms with Crippen molar-refractivity contribution in [3.8, 4) is 17.0 Å². The summed E-state index contributed by atoms with van der Waals surface area (Å²) in [7, 11) is 0. The first kappa shape index (κ1) is 10.8. The fourth-order valence-corrected chi connectivity index (χ4v) is 2.18. The molecular weight excluding hydrogens is 232 g/mol. The van der Waals surface area contributed by atoms with Gasteiger partial charge in [-0.2, -0.15) is 0 Å². The molecule has 2 N–H and O–H groups in total. The van der Waals surface area contributed by atoms with Gasteiger partial charge in [-0.05, 0) is 36.6 Å². The molecule has 5 nitrogen and oxygen atoms in total. The summed E-state index contributed by atoms with van der Waals surface area (Å²) in [6.45, 7) is 0.745. The summed E-state index contributed by atoms with van der Waals surface area (Å²) in [6, 6.07) is 5.67. The molecule has 5 heteroatoms. The van der Waals surface area contributed by atoms with E-state index in [9.17, 15) is 4.79 Å². The Bertz CT molecular complexity index is 604. The van der Waals surface area contributed by atoms with Crippen molar-refractivity contribution in [2.75, 3.05) is 6.61 Å². The van der Waals surface area contributed by atoms with Gasteiger partial charge >= 0.3 is 5.97 Å². The third kappa shape index (κ3) is 1.73. The first-order chi connectivity index (χ1) is 8.75. The molecule has 0 amide bonds. The van der Waals surface area contributed by atoms with Gasteiger partial charge in [0.2, 0.25) is 0 Å². The van der Waals surface area contributed by atoms with E-state index in [0.29, 0.717) is 5.69 Å². The summed E-state index contributed by atoms with van der Waals surface area (Å²) >= 11 is 0. The van der Waals surface area contributed by atoms with Gasteiger partial charge in [-0.1, -0.05) is 0 Å². The number of aryl methyl sites for hydroxylation is 1. The SMILES string of the molecule is O=C(O)c1[nH]cnc1-c1ccc2c(c1)CCCO2. The van der Waals surface area contributed by atoms with Crippen LogP contribution in [0.25, 0.3) is 11.3 Å². The Labute approximate surface area is 103 Å².